The summed E-state index contributed by atoms with van der Waals surface area (Å²) in [5.74, 6) is -2.96. The average molecular weight is 493 g/mol. The molecule has 0 radical (unpaired) electrons. The van der Waals surface area contributed by atoms with Crippen LogP contribution in [0.3, 0.4) is 0 Å². The minimum Gasteiger partial charge on any atom is -0.466 e. The Bertz CT molecular complexity index is 969. The smallest absolute Gasteiger partial charge is 0.312 e. The Labute approximate surface area is 204 Å². The number of nitrogens with one attached hydrogen (secondary N) is 1. The standard InChI is InChI=1S/C25H33ClN2O6/c1-5-24-11-12-25(34-24)18(19(24)23(32)33-6-2)22(31)28(17(13-29)14(3)4)20(25)21(30)27-16-9-7-15(26)8-10-16/h7-10,14,17-20,29H,5-6,11-13H2,1-4H3,(H,27,30)/t17-,18-,19-,20?,24+,25?/m0/s1. The van der Waals surface area contributed by atoms with Crippen LogP contribution in [0.5, 0.6) is 0 Å². The van der Waals surface area contributed by atoms with E-state index in [2.05, 4.69) is 5.32 Å². The van der Waals surface area contributed by atoms with Gasteiger partial charge in [-0.25, -0.2) is 0 Å². The number of benzene rings is 1. The number of fused-ring (bicyclic) bond motifs is 1. The Balaban J connectivity index is 1.80. The van der Waals surface area contributed by atoms with Crippen molar-refractivity contribution >= 4 is 35.1 Å². The van der Waals surface area contributed by atoms with Gasteiger partial charge >= 0.3 is 5.97 Å². The van der Waals surface area contributed by atoms with E-state index in [9.17, 15) is 19.5 Å². The second-order valence-electron chi connectivity index (χ2n) is 9.82. The number of aliphatic hydroxyl groups excluding tert-OH is 1. The molecule has 0 saturated carbocycles. The predicted molar refractivity (Wildman–Crippen MR) is 126 cm³/mol. The van der Waals surface area contributed by atoms with Crippen LogP contribution in [-0.2, 0) is 23.9 Å². The fourth-order valence-electron chi connectivity index (χ4n) is 6.27. The molecule has 1 spiro atoms. The van der Waals surface area contributed by atoms with Crippen LogP contribution in [0.1, 0.15) is 47.0 Å². The summed E-state index contributed by atoms with van der Waals surface area (Å²) in [6, 6.07) is 5.11. The fourth-order valence-corrected chi connectivity index (χ4v) is 6.39. The van der Waals surface area contributed by atoms with Crippen LogP contribution in [0, 0.1) is 17.8 Å². The van der Waals surface area contributed by atoms with E-state index in [0.29, 0.717) is 30.0 Å². The molecular formula is C25H33ClN2O6. The molecule has 3 heterocycles. The van der Waals surface area contributed by atoms with E-state index in [1.54, 1.807) is 31.2 Å². The molecule has 186 valence electrons. The SMILES string of the molecule is CCOC(=O)[C@@H]1[C@H]2C(=O)N([C@@H](CO)C(C)C)C(C(=O)Nc3ccc(Cl)cc3)C23CC[C@@]1(CC)O3. The van der Waals surface area contributed by atoms with Crippen LogP contribution < -0.4 is 5.32 Å². The molecule has 3 aliphatic heterocycles. The van der Waals surface area contributed by atoms with Crippen molar-refractivity contribution in [2.45, 2.75) is 70.2 Å². The lowest BCUT2D eigenvalue weighted by atomic mass is 9.65. The van der Waals surface area contributed by atoms with Gasteiger partial charge in [0.1, 0.15) is 17.6 Å². The number of aliphatic hydroxyl groups is 1. The van der Waals surface area contributed by atoms with Gasteiger partial charge in [-0.05, 0) is 56.4 Å². The summed E-state index contributed by atoms with van der Waals surface area (Å²) in [4.78, 5) is 42.4. The molecule has 2 N–H and O–H groups in total. The number of nitrogens with zero attached hydrogens (tertiary/aromatic N) is 1. The number of hydrogen-bond donors (Lipinski definition) is 2. The summed E-state index contributed by atoms with van der Waals surface area (Å²) >= 11 is 5.98. The third kappa shape index (κ3) is 3.62. The van der Waals surface area contributed by atoms with Crippen molar-refractivity contribution in [3.05, 3.63) is 29.3 Å². The molecule has 0 aromatic heterocycles. The van der Waals surface area contributed by atoms with Gasteiger partial charge in [0.2, 0.25) is 11.8 Å². The number of ether oxygens (including phenoxy) is 2. The van der Waals surface area contributed by atoms with Crippen LogP contribution in [0.15, 0.2) is 24.3 Å². The largest absolute Gasteiger partial charge is 0.466 e. The van der Waals surface area contributed by atoms with Crippen LogP contribution in [0.25, 0.3) is 0 Å². The minimum atomic E-state index is -1.16. The lowest BCUT2D eigenvalue weighted by Gasteiger charge is -2.38. The highest BCUT2D eigenvalue weighted by Crippen LogP contribution is 2.64. The molecule has 2 bridgehead atoms. The molecule has 8 nitrogen and oxygen atoms in total. The summed E-state index contributed by atoms with van der Waals surface area (Å²) in [7, 11) is 0. The Morgan fingerprint density at radius 1 is 1.26 bits per heavy atom. The third-order valence-electron chi connectivity index (χ3n) is 7.83. The molecule has 1 aromatic carbocycles. The van der Waals surface area contributed by atoms with E-state index < -0.39 is 47.0 Å². The van der Waals surface area contributed by atoms with Gasteiger partial charge in [0.25, 0.3) is 0 Å². The van der Waals surface area contributed by atoms with Gasteiger partial charge in [-0.2, -0.15) is 0 Å². The highest BCUT2D eigenvalue weighted by molar-refractivity contribution is 6.30. The van der Waals surface area contributed by atoms with Gasteiger partial charge in [-0.3, -0.25) is 14.4 Å². The summed E-state index contributed by atoms with van der Waals surface area (Å²) in [6.45, 7) is 7.33. The third-order valence-corrected chi connectivity index (χ3v) is 8.09. The molecule has 3 aliphatic rings. The maximum absolute atomic E-state index is 14.0. The second-order valence-corrected chi connectivity index (χ2v) is 10.3. The summed E-state index contributed by atoms with van der Waals surface area (Å²) in [5, 5.41) is 13.6. The molecule has 2 amide bonds. The van der Waals surface area contributed by atoms with E-state index >= 15 is 0 Å². The Morgan fingerprint density at radius 2 is 1.94 bits per heavy atom. The summed E-state index contributed by atoms with van der Waals surface area (Å²) < 4.78 is 12.0. The first kappa shape index (κ1) is 24.9. The second kappa shape index (κ2) is 9.13. The molecule has 6 atom stereocenters. The first-order valence-electron chi connectivity index (χ1n) is 12.0. The van der Waals surface area contributed by atoms with E-state index in [4.69, 9.17) is 21.1 Å². The average Bonchev–Trinajstić information content (AvgIpc) is 3.40. The number of hydrogen-bond acceptors (Lipinski definition) is 6. The van der Waals surface area contributed by atoms with Crippen LogP contribution in [0.4, 0.5) is 5.69 Å². The lowest BCUT2D eigenvalue weighted by Crippen LogP contribution is -2.57. The fraction of sp³-hybridized carbons (Fsp3) is 0.640. The zero-order chi connectivity index (χ0) is 24.8. The van der Waals surface area contributed by atoms with Crippen molar-refractivity contribution in [1.82, 2.24) is 4.90 Å². The lowest BCUT2D eigenvalue weighted by molar-refractivity contribution is -0.161. The van der Waals surface area contributed by atoms with Crippen molar-refractivity contribution in [2.75, 3.05) is 18.5 Å². The number of carbonyl (C=O) groups is 3. The van der Waals surface area contributed by atoms with Gasteiger partial charge in [-0.1, -0.05) is 32.4 Å². The number of anilines is 1. The van der Waals surface area contributed by atoms with Crippen LogP contribution >= 0.6 is 11.6 Å². The van der Waals surface area contributed by atoms with Crippen molar-refractivity contribution in [1.29, 1.82) is 0 Å². The molecule has 3 saturated heterocycles. The van der Waals surface area contributed by atoms with Crippen LogP contribution in [0.2, 0.25) is 5.02 Å². The maximum atomic E-state index is 14.0. The van der Waals surface area contributed by atoms with Crippen molar-refractivity contribution in [3.8, 4) is 0 Å². The van der Waals surface area contributed by atoms with Gasteiger partial charge in [-0.15, -0.1) is 0 Å². The number of esters is 1. The number of halogens is 1. The molecular weight excluding hydrogens is 460 g/mol. The zero-order valence-corrected chi connectivity index (χ0v) is 20.8. The van der Waals surface area contributed by atoms with E-state index in [1.165, 1.54) is 4.90 Å². The van der Waals surface area contributed by atoms with Crippen molar-refractivity contribution in [2.24, 2.45) is 17.8 Å². The Morgan fingerprint density at radius 3 is 2.50 bits per heavy atom. The molecule has 4 rings (SSSR count). The zero-order valence-electron chi connectivity index (χ0n) is 20.0. The first-order chi connectivity index (χ1) is 16.2. The first-order valence-corrected chi connectivity index (χ1v) is 12.4. The van der Waals surface area contributed by atoms with Gasteiger partial charge in [0.05, 0.1) is 30.8 Å². The molecule has 0 aliphatic carbocycles. The molecule has 1 aromatic rings. The van der Waals surface area contributed by atoms with Gasteiger partial charge in [0, 0.05) is 10.7 Å². The normalized spacial score (nSPS) is 32.7. The van der Waals surface area contributed by atoms with E-state index in [0.717, 1.165) is 0 Å². The minimum absolute atomic E-state index is 0.117. The summed E-state index contributed by atoms with van der Waals surface area (Å²) in [6.07, 6.45) is 1.56. The molecule has 34 heavy (non-hydrogen) atoms. The Kier molecular flexibility index (Phi) is 6.70. The topological polar surface area (TPSA) is 105 Å². The predicted octanol–water partition coefficient (Wildman–Crippen LogP) is 3.01. The highest BCUT2D eigenvalue weighted by Gasteiger charge is 2.79. The summed E-state index contributed by atoms with van der Waals surface area (Å²) in [5.41, 5.74) is -1.47. The van der Waals surface area contributed by atoms with Crippen molar-refractivity contribution < 1.29 is 29.0 Å². The quantitative estimate of drug-likeness (QED) is 0.540. The highest BCUT2D eigenvalue weighted by atomic mass is 35.5. The van der Waals surface area contributed by atoms with Crippen molar-refractivity contribution in [3.63, 3.8) is 0 Å². The van der Waals surface area contributed by atoms with Gasteiger partial charge in [0.15, 0.2) is 0 Å². The number of likely N-dealkylation sites (tertiary alicyclic amines) is 1. The molecule has 9 heteroatoms. The number of rotatable bonds is 8. The molecule has 3 fully saturated rings. The maximum Gasteiger partial charge on any atom is 0.312 e. The van der Waals surface area contributed by atoms with Gasteiger partial charge < -0.3 is 24.8 Å². The Hall–Kier alpha value is -2.16. The van der Waals surface area contributed by atoms with E-state index in [1.807, 2.05) is 20.8 Å². The number of amides is 2. The number of carbonyl (C=O) groups excluding carboxylic acids is 3. The monoisotopic (exact) mass is 492 g/mol. The van der Waals surface area contributed by atoms with E-state index in [-0.39, 0.29) is 25.0 Å². The molecule has 2 unspecified atom stereocenters. The van der Waals surface area contributed by atoms with Crippen LogP contribution in [-0.4, -0.2) is 64.3 Å².